The van der Waals surface area contributed by atoms with Crippen LogP contribution in [0.25, 0.3) is 0 Å². The van der Waals surface area contributed by atoms with Crippen LogP contribution in [0.4, 0.5) is 10.1 Å². The van der Waals surface area contributed by atoms with E-state index in [1.54, 1.807) is 6.92 Å². The molecule has 1 unspecified atom stereocenters. The van der Waals surface area contributed by atoms with Gasteiger partial charge in [-0.15, -0.1) is 0 Å². The monoisotopic (exact) mass is 248 g/mol. The van der Waals surface area contributed by atoms with Crippen molar-refractivity contribution in [3.8, 4) is 0 Å². The van der Waals surface area contributed by atoms with Crippen LogP contribution in [0.2, 0.25) is 0 Å². The maximum absolute atomic E-state index is 13.2. The zero-order valence-electron chi connectivity index (χ0n) is 10.4. The molecule has 4 heteroatoms. The van der Waals surface area contributed by atoms with Gasteiger partial charge in [0.05, 0.1) is 5.69 Å². The van der Waals surface area contributed by atoms with Gasteiger partial charge >= 0.3 is 0 Å². The molecule has 1 aromatic carbocycles. The molecule has 0 aromatic heterocycles. The van der Waals surface area contributed by atoms with Crippen molar-refractivity contribution < 1.29 is 9.18 Å². The van der Waals surface area contributed by atoms with Crippen molar-refractivity contribution in [1.82, 2.24) is 5.32 Å². The smallest absolute Gasteiger partial charge is 0.251 e. The molecular weight excluding hydrogens is 231 g/mol. The maximum Gasteiger partial charge on any atom is 0.251 e. The third kappa shape index (κ3) is 2.70. The second-order valence-electron chi connectivity index (χ2n) is 4.64. The van der Waals surface area contributed by atoms with Crippen molar-refractivity contribution in [2.75, 3.05) is 5.73 Å². The van der Waals surface area contributed by atoms with Gasteiger partial charge in [0.15, 0.2) is 0 Å². The predicted molar refractivity (Wildman–Crippen MR) is 69.8 cm³/mol. The lowest BCUT2D eigenvalue weighted by molar-refractivity contribution is 0.0934. The molecule has 1 atom stereocenters. The Balaban J connectivity index is 2.13. The van der Waals surface area contributed by atoms with Crippen molar-refractivity contribution >= 4 is 11.6 Å². The minimum absolute atomic E-state index is 0.00860. The molecule has 0 fully saturated rings. The van der Waals surface area contributed by atoms with E-state index in [2.05, 4.69) is 17.5 Å². The fourth-order valence-electron chi connectivity index (χ4n) is 2.12. The lowest BCUT2D eigenvalue weighted by Gasteiger charge is -2.20. The molecule has 1 aliphatic rings. The molecule has 3 nitrogen and oxygen atoms in total. The average Bonchev–Trinajstić information content (AvgIpc) is 2.35. The molecule has 0 heterocycles. The molecule has 0 spiro atoms. The number of carbonyl (C=O) groups is 1. The van der Waals surface area contributed by atoms with E-state index in [9.17, 15) is 9.18 Å². The molecule has 96 valence electrons. The van der Waals surface area contributed by atoms with Gasteiger partial charge in [-0.1, -0.05) is 12.2 Å². The summed E-state index contributed by atoms with van der Waals surface area (Å²) in [6, 6.07) is 2.86. The summed E-state index contributed by atoms with van der Waals surface area (Å²) < 4.78 is 13.2. The fourth-order valence-corrected chi connectivity index (χ4v) is 2.12. The number of benzene rings is 1. The summed E-state index contributed by atoms with van der Waals surface area (Å²) in [5.41, 5.74) is 6.55. The van der Waals surface area contributed by atoms with E-state index in [0.29, 0.717) is 11.1 Å². The summed E-state index contributed by atoms with van der Waals surface area (Å²) in [7, 11) is 0. The second-order valence-corrected chi connectivity index (χ2v) is 4.64. The maximum atomic E-state index is 13.2. The van der Waals surface area contributed by atoms with E-state index in [1.165, 1.54) is 12.1 Å². The number of allylic oxidation sites excluding steroid dienone is 1. The van der Waals surface area contributed by atoms with E-state index in [1.807, 2.05) is 0 Å². The Hall–Kier alpha value is -1.84. The van der Waals surface area contributed by atoms with E-state index in [4.69, 9.17) is 5.73 Å². The summed E-state index contributed by atoms with van der Waals surface area (Å²) in [5.74, 6) is -0.663. The molecule has 1 aliphatic carbocycles. The highest BCUT2D eigenvalue weighted by Gasteiger charge is 2.17. The van der Waals surface area contributed by atoms with E-state index >= 15 is 0 Å². The number of hydrogen-bond donors (Lipinski definition) is 2. The molecule has 0 aliphatic heterocycles. The van der Waals surface area contributed by atoms with Crippen LogP contribution < -0.4 is 11.1 Å². The first-order valence-corrected chi connectivity index (χ1v) is 6.09. The lowest BCUT2D eigenvalue weighted by Crippen LogP contribution is -2.35. The number of rotatable bonds is 2. The molecule has 2 rings (SSSR count). The Bertz CT molecular complexity index is 497. The van der Waals surface area contributed by atoms with Crippen molar-refractivity contribution in [2.24, 2.45) is 0 Å². The zero-order chi connectivity index (χ0) is 13.1. The van der Waals surface area contributed by atoms with E-state index in [-0.39, 0.29) is 17.6 Å². The summed E-state index contributed by atoms with van der Waals surface area (Å²) in [5, 5.41) is 2.95. The Kier molecular flexibility index (Phi) is 3.65. The molecule has 18 heavy (non-hydrogen) atoms. The van der Waals surface area contributed by atoms with Gasteiger partial charge in [-0.2, -0.15) is 0 Å². The SMILES string of the molecule is Cc1cc(F)c(N)cc1C(=O)NC1CC=CCC1. The van der Waals surface area contributed by atoms with E-state index < -0.39 is 5.82 Å². The molecule has 1 aromatic rings. The number of halogens is 1. The number of amides is 1. The number of nitrogen functional groups attached to an aromatic ring is 1. The molecule has 0 bridgehead atoms. The molecule has 0 saturated heterocycles. The molecule has 3 N–H and O–H groups in total. The highest BCUT2D eigenvalue weighted by Crippen LogP contribution is 2.18. The third-order valence-corrected chi connectivity index (χ3v) is 3.19. The molecule has 0 saturated carbocycles. The van der Waals surface area contributed by atoms with Crippen LogP contribution in [0.3, 0.4) is 0 Å². The highest BCUT2D eigenvalue weighted by atomic mass is 19.1. The highest BCUT2D eigenvalue weighted by molar-refractivity contribution is 5.96. The largest absolute Gasteiger partial charge is 0.396 e. The van der Waals surface area contributed by atoms with Gasteiger partial charge in [0.1, 0.15) is 5.82 Å². The minimum atomic E-state index is -0.482. The van der Waals surface area contributed by atoms with Crippen LogP contribution >= 0.6 is 0 Å². The van der Waals surface area contributed by atoms with Crippen molar-refractivity contribution in [3.63, 3.8) is 0 Å². The Morgan fingerprint density at radius 3 is 2.89 bits per heavy atom. The van der Waals surface area contributed by atoms with E-state index in [0.717, 1.165) is 19.3 Å². The van der Waals surface area contributed by atoms with Gasteiger partial charge in [-0.25, -0.2) is 4.39 Å². The zero-order valence-corrected chi connectivity index (χ0v) is 10.4. The second kappa shape index (κ2) is 5.21. The Morgan fingerprint density at radius 1 is 1.44 bits per heavy atom. The lowest BCUT2D eigenvalue weighted by atomic mass is 10.0. The predicted octanol–water partition coefficient (Wildman–Crippen LogP) is 2.55. The van der Waals surface area contributed by atoms with Gasteiger partial charge in [0.2, 0.25) is 0 Å². The fraction of sp³-hybridized carbons (Fsp3) is 0.357. The van der Waals surface area contributed by atoms with Crippen molar-refractivity contribution in [2.45, 2.75) is 32.2 Å². The molecule has 0 radical (unpaired) electrons. The summed E-state index contributed by atoms with van der Waals surface area (Å²) in [4.78, 5) is 12.1. The first-order chi connectivity index (χ1) is 8.58. The van der Waals surface area contributed by atoms with Crippen LogP contribution in [0.15, 0.2) is 24.3 Å². The number of hydrogen-bond acceptors (Lipinski definition) is 2. The molecule has 1 amide bonds. The van der Waals surface area contributed by atoms with Gasteiger partial charge in [0, 0.05) is 11.6 Å². The Morgan fingerprint density at radius 2 is 2.22 bits per heavy atom. The van der Waals surface area contributed by atoms with Crippen LogP contribution in [-0.2, 0) is 0 Å². The molecular formula is C14H17FN2O. The van der Waals surface area contributed by atoms with Gasteiger partial charge < -0.3 is 11.1 Å². The number of anilines is 1. The first kappa shape index (κ1) is 12.6. The number of nitrogens with two attached hydrogens (primary N) is 1. The van der Waals surface area contributed by atoms with Gasteiger partial charge in [-0.3, -0.25) is 4.79 Å². The summed E-state index contributed by atoms with van der Waals surface area (Å²) >= 11 is 0. The van der Waals surface area contributed by atoms with Gasteiger partial charge in [-0.05, 0) is 43.9 Å². The van der Waals surface area contributed by atoms with Crippen LogP contribution in [-0.4, -0.2) is 11.9 Å². The van der Waals surface area contributed by atoms with Crippen LogP contribution in [0, 0.1) is 12.7 Å². The average molecular weight is 248 g/mol. The minimum Gasteiger partial charge on any atom is -0.396 e. The number of carbonyl (C=O) groups excluding carboxylic acids is 1. The van der Waals surface area contributed by atoms with Crippen LogP contribution in [0.1, 0.15) is 35.2 Å². The Labute approximate surface area is 106 Å². The summed E-state index contributed by atoms with van der Waals surface area (Å²) in [6.45, 7) is 1.71. The number of aryl methyl sites for hydroxylation is 1. The topological polar surface area (TPSA) is 55.1 Å². The number of nitrogens with one attached hydrogen (secondary N) is 1. The summed E-state index contributed by atoms with van der Waals surface area (Å²) in [6.07, 6.45) is 6.96. The standard InChI is InChI=1S/C14H17FN2O/c1-9-7-12(15)13(16)8-11(9)14(18)17-10-5-3-2-4-6-10/h2-3,7-8,10H,4-6,16H2,1H3,(H,17,18). The first-order valence-electron chi connectivity index (χ1n) is 6.09. The van der Waals surface area contributed by atoms with Crippen LogP contribution in [0.5, 0.6) is 0 Å². The van der Waals surface area contributed by atoms with Crippen molar-refractivity contribution in [1.29, 1.82) is 0 Å². The van der Waals surface area contributed by atoms with Crippen molar-refractivity contribution in [3.05, 3.63) is 41.2 Å². The third-order valence-electron chi connectivity index (χ3n) is 3.19. The van der Waals surface area contributed by atoms with Gasteiger partial charge in [0.25, 0.3) is 5.91 Å². The quantitative estimate of drug-likeness (QED) is 0.624. The normalized spacial score (nSPS) is 18.7.